The van der Waals surface area contributed by atoms with Gasteiger partial charge in [0.05, 0.1) is 13.2 Å². The van der Waals surface area contributed by atoms with Crippen LogP contribution in [-0.4, -0.2) is 19.4 Å². The van der Waals surface area contributed by atoms with E-state index in [4.69, 9.17) is 0 Å². The highest BCUT2D eigenvalue weighted by molar-refractivity contribution is 5.59. The van der Waals surface area contributed by atoms with Gasteiger partial charge in [0.1, 0.15) is 12.5 Å². The maximum absolute atomic E-state index is 10.2. The topological polar surface area (TPSA) is 78.9 Å². The Hall–Kier alpha value is -1.72. The molecule has 0 saturated carbocycles. The number of hydrogen-bond acceptors (Lipinski definition) is 6. The van der Waals surface area contributed by atoms with Gasteiger partial charge >= 0.3 is 12.0 Å². The van der Waals surface area contributed by atoms with Crippen LogP contribution in [0.5, 0.6) is 0 Å². The molecule has 0 spiro atoms. The van der Waals surface area contributed by atoms with E-state index in [1.54, 1.807) is 13.8 Å². The van der Waals surface area contributed by atoms with Gasteiger partial charge in [0.25, 0.3) is 0 Å². The van der Waals surface area contributed by atoms with Gasteiger partial charge in [0.15, 0.2) is 0 Å². The largest absolute Gasteiger partial charge is 0.518 e. The minimum absolute atomic E-state index is 0.374. The average Bonchev–Trinajstić information content (AvgIpc) is 2.58. The Morgan fingerprint density at radius 3 is 1.86 bits per heavy atom. The summed E-state index contributed by atoms with van der Waals surface area (Å²) in [6.45, 7) is 4.21. The van der Waals surface area contributed by atoms with Gasteiger partial charge in [0.2, 0.25) is 0 Å². The molecule has 6 nitrogen and oxygen atoms in total. The first-order valence-electron chi connectivity index (χ1n) is 4.02. The third-order valence-corrected chi connectivity index (χ3v) is 0.908. The highest BCUT2D eigenvalue weighted by atomic mass is 16.7. The lowest BCUT2D eigenvalue weighted by Gasteiger charge is -1.98. The van der Waals surface area contributed by atoms with Crippen molar-refractivity contribution in [3.05, 3.63) is 23.1 Å². The lowest BCUT2D eigenvalue weighted by molar-refractivity contribution is 0.0630. The maximum Gasteiger partial charge on any atom is 0.518 e. The molecule has 1 rings (SSSR count). The Kier molecular flexibility index (Phi) is 6.93. The minimum atomic E-state index is -0.657. The lowest BCUT2D eigenvalue weighted by Crippen LogP contribution is -2.05. The first-order valence-corrected chi connectivity index (χ1v) is 4.02. The molecule has 1 heterocycles. The van der Waals surface area contributed by atoms with E-state index in [0.29, 0.717) is 13.2 Å². The van der Waals surface area contributed by atoms with E-state index in [1.807, 2.05) is 0 Å². The van der Waals surface area contributed by atoms with E-state index < -0.39 is 12.0 Å². The Morgan fingerprint density at radius 1 is 1.21 bits per heavy atom. The summed E-state index contributed by atoms with van der Waals surface area (Å²) in [5.41, 5.74) is 0. The lowest BCUT2D eigenvalue weighted by atomic mass is 10.8. The first kappa shape index (κ1) is 12.3. The summed E-state index contributed by atoms with van der Waals surface area (Å²) < 4.78 is 17.1. The van der Waals surface area contributed by atoms with E-state index >= 15 is 0 Å². The third-order valence-electron chi connectivity index (χ3n) is 0.908. The molecule has 0 radical (unpaired) electrons. The van der Waals surface area contributed by atoms with Crippen LogP contribution in [0.2, 0.25) is 0 Å². The van der Waals surface area contributed by atoms with Gasteiger partial charge in [-0.2, -0.15) is 0 Å². The van der Waals surface area contributed by atoms with Crippen molar-refractivity contribution in [3.63, 3.8) is 0 Å². The van der Waals surface area contributed by atoms with Crippen LogP contribution in [0.15, 0.2) is 26.2 Å². The molecule has 0 amide bonds. The average molecular weight is 204 g/mol. The molecule has 14 heavy (non-hydrogen) atoms. The molecule has 0 aliphatic heterocycles. The van der Waals surface area contributed by atoms with Crippen molar-refractivity contribution in [1.29, 1.82) is 0 Å². The Balaban J connectivity index is 0.000000249. The van der Waals surface area contributed by atoms with Crippen LogP contribution in [0.3, 0.4) is 0 Å². The molecule has 0 fully saturated rings. The summed E-state index contributed by atoms with van der Waals surface area (Å²) in [5.74, 6) is -0.657. The molecule has 0 aromatic carbocycles. The molecule has 0 aliphatic carbocycles. The first-order chi connectivity index (χ1) is 6.70. The molecule has 80 valence electrons. The summed E-state index contributed by atoms with van der Waals surface area (Å²) in [7, 11) is 0. The second kappa shape index (κ2) is 7.90. The van der Waals surface area contributed by atoms with Crippen molar-refractivity contribution < 1.29 is 23.1 Å². The number of carbonyl (C=O) groups excluding carboxylic acids is 1. The van der Waals surface area contributed by atoms with Crippen molar-refractivity contribution in [2.45, 2.75) is 13.8 Å². The quantitative estimate of drug-likeness (QED) is 0.677. The van der Waals surface area contributed by atoms with Gasteiger partial charge in [-0.15, -0.1) is 0 Å². The van der Waals surface area contributed by atoms with Crippen molar-refractivity contribution in [2.24, 2.45) is 0 Å². The second-order valence-corrected chi connectivity index (χ2v) is 1.87. The van der Waals surface area contributed by atoms with Crippen LogP contribution in [-0.2, 0) is 9.47 Å². The summed E-state index contributed by atoms with van der Waals surface area (Å²) in [5, 5.41) is 0. The summed E-state index contributed by atoms with van der Waals surface area (Å²) in [6, 6.07) is 0. The number of rotatable bonds is 2. The van der Waals surface area contributed by atoms with E-state index in [1.165, 1.54) is 12.5 Å². The summed E-state index contributed by atoms with van der Waals surface area (Å²) in [4.78, 5) is 19.9. The van der Waals surface area contributed by atoms with Gasteiger partial charge < -0.3 is 18.3 Å². The zero-order valence-electron chi connectivity index (χ0n) is 8.02. The maximum atomic E-state index is 10.2. The van der Waals surface area contributed by atoms with E-state index in [2.05, 4.69) is 18.3 Å². The fraction of sp³-hybridized carbons (Fsp3) is 0.500. The number of carbonyl (C=O) groups is 1. The van der Waals surface area contributed by atoms with Gasteiger partial charge in [0, 0.05) is 0 Å². The number of hydrogen-bond donors (Lipinski definition) is 0. The van der Waals surface area contributed by atoms with E-state index in [-0.39, 0.29) is 0 Å². The van der Waals surface area contributed by atoms with Crippen molar-refractivity contribution >= 4 is 6.16 Å². The highest BCUT2D eigenvalue weighted by Crippen LogP contribution is 1.81. The van der Waals surface area contributed by atoms with Gasteiger partial charge in [-0.1, -0.05) is 0 Å². The van der Waals surface area contributed by atoms with Crippen molar-refractivity contribution in [1.82, 2.24) is 0 Å². The van der Waals surface area contributed by atoms with E-state index in [0.717, 1.165) is 0 Å². The van der Waals surface area contributed by atoms with E-state index in [9.17, 15) is 9.59 Å². The Bertz CT molecular complexity index is 261. The highest BCUT2D eigenvalue weighted by Gasteiger charge is 1.96. The Labute approximate surface area is 80.4 Å². The van der Waals surface area contributed by atoms with Crippen LogP contribution in [0.1, 0.15) is 13.8 Å². The van der Waals surface area contributed by atoms with Gasteiger partial charge in [-0.25, -0.2) is 9.59 Å². The SMILES string of the molecule is CCOC(=O)OCC.O=c1occo1. The molecule has 0 saturated heterocycles. The standard InChI is InChI=1S/C5H10O3.C3H2O3/c1-3-7-5(6)8-4-2;4-3-5-1-2-6-3/h3-4H2,1-2H3;1-2H. The fourth-order valence-electron chi connectivity index (χ4n) is 0.472. The zero-order valence-corrected chi connectivity index (χ0v) is 8.02. The Morgan fingerprint density at radius 2 is 1.64 bits per heavy atom. The van der Waals surface area contributed by atoms with Crippen LogP contribution < -0.4 is 5.82 Å². The monoisotopic (exact) mass is 204 g/mol. The van der Waals surface area contributed by atoms with Crippen LogP contribution in [0.4, 0.5) is 4.79 Å². The van der Waals surface area contributed by atoms with Crippen molar-refractivity contribution in [2.75, 3.05) is 13.2 Å². The normalized spacial score (nSPS) is 8.43. The van der Waals surface area contributed by atoms with Gasteiger partial charge in [-0.05, 0) is 13.8 Å². The molecular formula is C8H12O6. The fourth-order valence-corrected chi connectivity index (χ4v) is 0.472. The van der Waals surface area contributed by atoms with Crippen LogP contribution in [0.25, 0.3) is 0 Å². The van der Waals surface area contributed by atoms with Crippen LogP contribution >= 0.6 is 0 Å². The zero-order chi connectivity index (χ0) is 10.8. The molecule has 0 aliphatic rings. The molecule has 0 N–H and O–H groups in total. The molecule has 0 atom stereocenters. The molecule has 1 aromatic rings. The second-order valence-electron chi connectivity index (χ2n) is 1.87. The third kappa shape index (κ3) is 6.96. The predicted octanol–water partition coefficient (Wildman–Crippen LogP) is 1.41. The number of ether oxygens (including phenoxy) is 2. The molecule has 0 unspecified atom stereocenters. The summed E-state index contributed by atoms with van der Waals surface area (Å²) >= 11 is 0. The molecule has 6 heteroatoms. The van der Waals surface area contributed by atoms with Gasteiger partial charge in [-0.3, -0.25) is 0 Å². The van der Waals surface area contributed by atoms with Crippen molar-refractivity contribution in [3.8, 4) is 0 Å². The molecule has 0 bridgehead atoms. The molecule has 1 aromatic heterocycles. The minimum Gasteiger partial charge on any atom is -0.435 e. The smallest absolute Gasteiger partial charge is 0.435 e. The summed E-state index contributed by atoms with van der Waals surface area (Å²) in [6.07, 6.45) is 1.78. The molecular weight excluding hydrogens is 192 g/mol. The van der Waals surface area contributed by atoms with Crippen LogP contribution in [0, 0.1) is 0 Å². The predicted molar refractivity (Wildman–Crippen MR) is 45.9 cm³/mol.